The summed E-state index contributed by atoms with van der Waals surface area (Å²) in [7, 11) is -9.92. The molecule has 0 bridgehead atoms. The van der Waals surface area contributed by atoms with Gasteiger partial charge in [-0.15, -0.1) is 0 Å². The highest BCUT2D eigenvalue weighted by atomic mass is 31.2. The molecule has 0 aromatic rings. The van der Waals surface area contributed by atoms with Gasteiger partial charge in [-0.25, -0.2) is 9.13 Å². The fraction of sp³-hybridized carbons (Fsp3) is 0.952. The standard InChI is InChI=1S/C83H162O17P2/c1-8-10-11-12-13-14-15-31-37-44-52-59-66-82(87)100-79(71-94-81(86)65-58-51-46-39-41-48-55-62-75(5)6)73-98-102(91,92)96-69-77(84)68-95-101(89,90)97-72-78(70-93-80(85)64-57-50-43-36-32-27-24-20-21-25-29-34-40-47-54-61-74(3)4)99-83(88)67-60-53-45-38-33-28-23-19-17-16-18-22-26-30-35-42-49-56-63-76(7)9-2/h74-79,84H,8-73H2,1-7H3,(H,89,90)(H,91,92)/t76?,77-,78-,79-/m1/s1. The minimum Gasteiger partial charge on any atom is -0.462 e. The number of unbranched alkanes of at least 4 members (excludes halogenated alkanes) is 48. The summed E-state index contributed by atoms with van der Waals surface area (Å²) in [5.41, 5.74) is 0. The van der Waals surface area contributed by atoms with Crippen LogP contribution in [0.5, 0.6) is 0 Å². The Morgan fingerprint density at radius 3 is 0.745 bits per heavy atom. The van der Waals surface area contributed by atoms with Crippen molar-refractivity contribution in [2.45, 2.75) is 452 Å². The van der Waals surface area contributed by atoms with Crippen molar-refractivity contribution in [3.05, 3.63) is 0 Å². The number of aliphatic hydroxyl groups is 1. The molecule has 0 saturated heterocycles. The van der Waals surface area contributed by atoms with Gasteiger partial charge in [0.2, 0.25) is 0 Å². The van der Waals surface area contributed by atoms with E-state index in [0.29, 0.717) is 31.6 Å². The van der Waals surface area contributed by atoms with Crippen LogP contribution in [0.4, 0.5) is 0 Å². The number of rotatable bonds is 81. The first-order chi connectivity index (χ1) is 49.3. The van der Waals surface area contributed by atoms with Crippen molar-refractivity contribution in [1.29, 1.82) is 0 Å². The zero-order valence-corrected chi connectivity index (χ0v) is 68.9. The number of phosphoric ester groups is 2. The molecule has 0 aromatic carbocycles. The Hall–Kier alpha value is -1.94. The third-order valence-corrected chi connectivity index (χ3v) is 21.6. The van der Waals surface area contributed by atoms with E-state index in [2.05, 4.69) is 48.5 Å². The second-order valence-corrected chi connectivity index (χ2v) is 34.0. The first-order valence-electron chi connectivity index (χ1n) is 42.9. The van der Waals surface area contributed by atoms with Crippen LogP contribution in [0.25, 0.3) is 0 Å². The van der Waals surface area contributed by atoms with Gasteiger partial charge in [-0.05, 0) is 43.4 Å². The molecule has 0 aliphatic heterocycles. The van der Waals surface area contributed by atoms with E-state index in [0.717, 1.165) is 108 Å². The first kappa shape index (κ1) is 100. The monoisotopic (exact) mass is 1490 g/mol. The summed E-state index contributed by atoms with van der Waals surface area (Å²) in [5.74, 6) is 0.273. The van der Waals surface area contributed by atoms with Crippen molar-refractivity contribution in [1.82, 2.24) is 0 Å². The van der Waals surface area contributed by atoms with Gasteiger partial charge >= 0.3 is 39.5 Å². The van der Waals surface area contributed by atoms with Gasteiger partial charge in [-0.1, -0.05) is 382 Å². The van der Waals surface area contributed by atoms with Crippen LogP contribution < -0.4 is 0 Å². The maximum Gasteiger partial charge on any atom is 0.472 e. The van der Waals surface area contributed by atoms with E-state index in [4.69, 9.17) is 37.0 Å². The summed E-state index contributed by atoms with van der Waals surface area (Å²) in [5, 5.41) is 10.6. The van der Waals surface area contributed by atoms with Crippen molar-refractivity contribution in [3.63, 3.8) is 0 Å². The molecule has 3 unspecified atom stereocenters. The summed E-state index contributed by atoms with van der Waals surface area (Å²) in [4.78, 5) is 73.0. The molecule has 6 atom stereocenters. The number of ether oxygens (including phenoxy) is 4. The smallest absolute Gasteiger partial charge is 0.462 e. The highest BCUT2D eigenvalue weighted by molar-refractivity contribution is 7.47. The average Bonchev–Trinajstić information content (AvgIpc) is 0.925. The Morgan fingerprint density at radius 1 is 0.284 bits per heavy atom. The lowest BCUT2D eigenvalue weighted by Gasteiger charge is -2.21. The van der Waals surface area contributed by atoms with Crippen LogP contribution in [-0.2, 0) is 65.4 Å². The van der Waals surface area contributed by atoms with Crippen LogP contribution in [-0.4, -0.2) is 96.7 Å². The Labute approximate surface area is 626 Å². The maximum absolute atomic E-state index is 13.1. The van der Waals surface area contributed by atoms with Crippen molar-refractivity contribution in [2.24, 2.45) is 17.8 Å². The highest BCUT2D eigenvalue weighted by Crippen LogP contribution is 2.45. The number of aliphatic hydroxyl groups excluding tert-OH is 1. The van der Waals surface area contributed by atoms with Gasteiger partial charge in [0.05, 0.1) is 26.4 Å². The van der Waals surface area contributed by atoms with Gasteiger partial charge < -0.3 is 33.8 Å². The first-order valence-corrected chi connectivity index (χ1v) is 45.9. The quantitative estimate of drug-likeness (QED) is 0.0222. The zero-order valence-electron chi connectivity index (χ0n) is 67.1. The largest absolute Gasteiger partial charge is 0.472 e. The third kappa shape index (κ3) is 74.9. The summed E-state index contributed by atoms with van der Waals surface area (Å²) >= 11 is 0. The van der Waals surface area contributed by atoms with Crippen LogP contribution in [0.1, 0.15) is 434 Å². The van der Waals surface area contributed by atoms with E-state index < -0.39 is 97.5 Å². The minimum atomic E-state index is -4.96. The molecule has 3 N–H and O–H groups in total. The summed E-state index contributed by atoms with van der Waals surface area (Å²) < 4.78 is 68.7. The molecule has 0 aliphatic rings. The SMILES string of the molecule is CCCCCCCCCCCCCCC(=O)O[C@H](COC(=O)CCCCCCCCCC(C)C)COP(=O)(O)OC[C@H](O)COP(=O)(O)OC[C@@H](COC(=O)CCCCCCCCCCCCCCCCCC(C)C)OC(=O)CCCCCCCCCCCCCCCCCCCCC(C)CC. The molecule has 0 aliphatic carbocycles. The van der Waals surface area contributed by atoms with Crippen molar-refractivity contribution in [2.75, 3.05) is 39.6 Å². The lowest BCUT2D eigenvalue weighted by molar-refractivity contribution is -0.161. The van der Waals surface area contributed by atoms with Gasteiger partial charge in [-0.3, -0.25) is 37.3 Å². The van der Waals surface area contributed by atoms with Crippen LogP contribution in [0.3, 0.4) is 0 Å². The molecule has 17 nitrogen and oxygen atoms in total. The Kier molecular flexibility index (Phi) is 71.8. The molecule has 0 heterocycles. The second kappa shape index (κ2) is 73.2. The van der Waals surface area contributed by atoms with Crippen LogP contribution >= 0.6 is 15.6 Å². The fourth-order valence-electron chi connectivity index (χ4n) is 12.8. The summed E-state index contributed by atoms with van der Waals surface area (Å²) in [6.07, 6.45) is 62.5. The molecule has 0 spiro atoms. The molecular formula is C83H162O17P2. The van der Waals surface area contributed by atoms with Crippen LogP contribution in [0.2, 0.25) is 0 Å². The number of carbonyl (C=O) groups is 4. The molecule has 19 heteroatoms. The number of esters is 4. The lowest BCUT2D eigenvalue weighted by atomic mass is 9.99. The van der Waals surface area contributed by atoms with Gasteiger partial charge in [0, 0.05) is 25.7 Å². The number of phosphoric acid groups is 2. The molecule has 0 fully saturated rings. The lowest BCUT2D eigenvalue weighted by Crippen LogP contribution is -2.30. The maximum atomic E-state index is 13.1. The predicted molar refractivity (Wildman–Crippen MR) is 418 cm³/mol. The molecule has 0 rings (SSSR count). The van der Waals surface area contributed by atoms with Crippen molar-refractivity contribution >= 4 is 39.5 Å². The normalized spacial score (nSPS) is 14.2. The van der Waals surface area contributed by atoms with Gasteiger partial charge in [0.15, 0.2) is 12.2 Å². The average molecular weight is 1490 g/mol. The molecule has 0 radical (unpaired) electrons. The topological polar surface area (TPSA) is 237 Å². The van der Waals surface area contributed by atoms with E-state index in [-0.39, 0.29) is 25.7 Å². The van der Waals surface area contributed by atoms with Crippen LogP contribution in [0, 0.1) is 17.8 Å². The Bertz CT molecular complexity index is 1980. The fourth-order valence-corrected chi connectivity index (χ4v) is 14.4. The van der Waals surface area contributed by atoms with Crippen LogP contribution in [0.15, 0.2) is 0 Å². The highest BCUT2D eigenvalue weighted by Gasteiger charge is 2.30. The van der Waals surface area contributed by atoms with Gasteiger partial charge in [0.25, 0.3) is 0 Å². The van der Waals surface area contributed by atoms with Gasteiger partial charge in [0.1, 0.15) is 19.3 Å². The molecular weight excluding hydrogens is 1330 g/mol. The summed E-state index contributed by atoms with van der Waals surface area (Å²) in [6, 6.07) is 0. The Morgan fingerprint density at radius 2 is 0.500 bits per heavy atom. The Balaban J connectivity index is 5.21. The predicted octanol–water partition coefficient (Wildman–Crippen LogP) is 24.9. The van der Waals surface area contributed by atoms with Crippen molar-refractivity contribution in [3.8, 4) is 0 Å². The molecule has 606 valence electrons. The second-order valence-electron chi connectivity index (χ2n) is 31.1. The minimum absolute atomic E-state index is 0.107. The third-order valence-electron chi connectivity index (χ3n) is 19.7. The molecule has 0 saturated carbocycles. The van der Waals surface area contributed by atoms with E-state index in [9.17, 15) is 43.2 Å². The van der Waals surface area contributed by atoms with E-state index in [1.165, 1.54) is 238 Å². The van der Waals surface area contributed by atoms with E-state index in [1.54, 1.807) is 0 Å². The van der Waals surface area contributed by atoms with Gasteiger partial charge in [-0.2, -0.15) is 0 Å². The molecule has 102 heavy (non-hydrogen) atoms. The number of carbonyl (C=O) groups excluding carboxylic acids is 4. The van der Waals surface area contributed by atoms with Crippen molar-refractivity contribution < 1.29 is 80.2 Å². The number of hydrogen-bond donors (Lipinski definition) is 3. The van der Waals surface area contributed by atoms with E-state index in [1.807, 2.05) is 0 Å². The zero-order chi connectivity index (χ0) is 75.1. The summed E-state index contributed by atoms with van der Waals surface area (Å²) in [6.45, 7) is 12.0. The molecule has 0 aromatic heterocycles. The number of hydrogen-bond acceptors (Lipinski definition) is 15. The van der Waals surface area contributed by atoms with E-state index >= 15 is 0 Å². The molecule has 0 amide bonds.